The number of aromatic nitrogens is 1. The zero-order valence-corrected chi connectivity index (χ0v) is 20.8. The fraction of sp³-hybridized carbons (Fsp3) is 0.357. The first-order chi connectivity index (χ1) is 16.5. The Hall–Kier alpha value is -2.96. The Morgan fingerprint density at radius 1 is 1.21 bits per heavy atom. The van der Waals surface area contributed by atoms with E-state index in [0.29, 0.717) is 12.5 Å². The average Bonchev–Trinajstić information content (AvgIpc) is 3.42. The first-order valence-electron chi connectivity index (χ1n) is 12.1. The Kier molecular flexibility index (Phi) is 6.53. The number of anilines is 2. The van der Waals surface area contributed by atoms with E-state index in [1.807, 2.05) is 36.1 Å². The second-order valence-electron chi connectivity index (χ2n) is 9.42. The number of benzene rings is 2. The van der Waals surface area contributed by atoms with Gasteiger partial charge in [0.1, 0.15) is 0 Å². The standard InChI is InChI=1S/C28H32N4OS/c1-18-6-4-5-7-24(18)27(33)32-15-12-22-17-23(8-9-25(22)32)26-20(3)34-28(31-26)30-19(2)16-21-10-13-29-14-11-21/h4-9,17,21,29H,2,10-16H2,1,3H3,(H,30,31). The lowest BCUT2D eigenvalue weighted by Gasteiger charge is -2.23. The number of rotatable bonds is 6. The van der Waals surface area contributed by atoms with Gasteiger partial charge in [0, 0.05) is 33.9 Å². The zero-order chi connectivity index (χ0) is 23.7. The van der Waals surface area contributed by atoms with Crippen LogP contribution < -0.4 is 15.5 Å². The summed E-state index contributed by atoms with van der Waals surface area (Å²) >= 11 is 1.68. The van der Waals surface area contributed by atoms with Crippen molar-refractivity contribution in [2.24, 2.45) is 5.92 Å². The van der Waals surface area contributed by atoms with Crippen LogP contribution in [0.1, 0.15) is 45.6 Å². The largest absolute Gasteiger partial charge is 0.336 e. The van der Waals surface area contributed by atoms with Crippen LogP contribution in [0.5, 0.6) is 0 Å². The molecule has 2 aliphatic rings. The molecule has 0 saturated carbocycles. The van der Waals surface area contributed by atoms with Crippen molar-refractivity contribution in [1.82, 2.24) is 10.3 Å². The third-order valence-electron chi connectivity index (χ3n) is 6.94. The van der Waals surface area contributed by atoms with Crippen molar-refractivity contribution < 1.29 is 4.79 Å². The molecule has 2 aromatic carbocycles. The molecule has 0 radical (unpaired) electrons. The molecule has 1 fully saturated rings. The molecule has 176 valence electrons. The van der Waals surface area contributed by atoms with E-state index in [1.165, 1.54) is 23.3 Å². The van der Waals surface area contributed by atoms with E-state index >= 15 is 0 Å². The maximum atomic E-state index is 13.2. The third-order valence-corrected chi connectivity index (χ3v) is 7.83. The molecule has 34 heavy (non-hydrogen) atoms. The van der Waals surface area contributed by atoms with Crippen LogP contribution in [-0.4, -0.2) is 30.5 Å². The summed E-state index contributed by atoms with van der Waals surface area (Å²) in [6, 6.07) is 14.2. The molecule has 0 spiro atoms. The molecule has 0 aliphatic carbocycles. The second kappa shape index (κ2) is 9.72. The Balaban J connectivity index is 1.31. The quantitative estimate of drug-likeness (QED) is 0.466. The highest BCUT2D eigenvalue weighted by Crippen LogP contribution is 2.37. The van der Waals surface area contributed by atoms with Gasteiger partial charge in [0.2, 0.25) is 0 Å². The van der Waals surface area contributed by atoms with Gasteiger partial charge in [0.15, 0.2) is 5.13 Å². The maximum Gasteiger partial charge on any atom is 0.258 e. The number of amides is 1. The molecule has 3 heterocycles. The van der Waals surface area contributed by atoms with E-state index in [-0.39, 0.29) is 5.91 Å². The summed E-state index contributed by atoms with van der Waals surface area (Å²) < 4.78 is 0. The molecular formula is C28H32N4OS. The fourth-order valence-corrected chi connectivity index (χ4v) is 5.96. The number of nitrogens with zero attached hydrogens (tertiary/aromatic N) is 2. The summed E-state index contributed by atoms with van der Waals surface area (Å²) in [6.07, 6.45) is 4.28. The summed E-state index contributed by atoms with van der Waals surface area (Å²) in [5, 5.41) is 7.79. The van der Waals surface area contributed by atoms with Crippen molar-refractivity contribution in [2.75, 3.05) is 29.9 Å². The molecule has 2 aliphatic heterocycles. The Bertz CT molecular complexity index is 1220. The number of nitrogens with one attached hydrogen (secondary N) is 2. The maximum absolute atomic E-state index is 13.2. The summed E-state index contributed by atoms with van der Waals surface area (Å²) in [5.74, 6) is 0.775. The smallest absolute Gasteiger partial charge is 0.258 e. The van der Waals surface area contributed by atoms with Crippen molar-refractivity contribution in [3.63, 3.8) is 0 Å². The van der Waals surface area contributed by atoms with Gasteiger partial charge in [-0.15, -0.1) is 11.3 Å². The molecule has 2 N–H and O–H groups in total. The predicted molar refractivity (Wildman–Crippen MR) is 142 cm³/mol. The molecule has 3 aromatic rings. The molecule has 1 aromatic heterocycles. The normalized spacial score (nSPS) is 15.9. The van der Waals surface area contributed by atoms with Crippen LogP contribution in [0.2, 0.25) is 0 Å². The van der Waals surface area contributed by atoms with E-state index < -0.39 is 0 Å². The highest BCUT2D eigenvalue weighted by molar-refractivity contribution is 7.16. The number of carbonyl (C=O) groups is 1. The first-order valence-corrected chi connectivity index (χ1v) is 12.9. The third kappa shape index (κ3) is 4.65. The molecule has 1 amide bonds. The van der Waals surface area contributed by atoms with Gasteiger partial charge in [-0.25, -0.2) is 4.98 Å². The van der Waals surface area contributed by atoms with Gasteiger partial charge in [-0.2, -0.15) is 0 Å². The van der Waals surface area contributed by atoms with Crippen LogP contribution in [0.4, 0.5) is 10.8 Å². The molecule has 5 rings (SSSR count). The highest BCUT2D eigenvalue weighted by Gasteiger charge is 2.27. The van der Waals surface area contributed by atoms with Gasteiger partial charge in [-0.05, 0) is 87.9 Å². The van der Waals surface area contributed by atoms with Gasteiger partial charge in [-0.3, -0.25) is 4.79 Å². The summed E-state index contributed by atoms with van der Waals surface area (Å²) in [7, 11) is 0. The summed E-state index contributed by atoms with van der Waals surface area (Å²) in [5.41, 5.74) is 7.16. The van der Waals surface area contributed by atoms with Gasteiger partial charge < -0.3 is 15.5 Å². The van der Waals surface area contributed by atoms with E-state index in [4.69, 9.17) is 4.98 Å². The topological polar surface area (TPSA) is 57.3 Å². The van der Waals surface area contributed by atoms with E-state index in [2.05, 4.69) is 42.3 Å². The molecule has 5 nitrogen and oxygen atoms in total. The number of allylic oxidation sites excluding steroid dienone is 1. The molecule has 0 atom stereocenters. The van der Waals surface area contributed by atoms with Crippen LogP contribution in [0.3, 0.4) is 0 Å². The van der Waals surface area contributed by atoms with Crippen molar-refractivity contribution >= 4 is 28.1 Å². The lowest BCUT2D eigenvalue weighted by molar-refractivity contribution is 0.0989. The fourth-order valence-electron chi connectivity index (χ4n) is 5.07. The molecule has 1 saturated heterocycles. The number of carbonyl (C=O) groups excluding carboxylic acids is 1. The van der Waals surface area contributed by atoms with Crippen LogP contribution in [0.25, 0.3) is 11.3 Å². The molecule has 6 heteroatoms. The number of hydrogen-bond acceptors (Lipinski definition) is 5. The van der Waals surface area contributed by atoms with E-state index in [9.17, 15) is 4.79 Å². The summed E-state index contributed by atoms with van der Waals surface area (Å²) in [4.78, 5) is 21.2. The number of hydrogen-bond donors (Lipinski definition) is 2. The van der Waals surface area contributed by atoms with Crippen LogP contribution >= 0.6 is 11.3 Å². The minimum Gasteiger partial charge on any atom is -0.336 e. The number of aryl methyl sites for hydroxylation is 2. The van der Waals surface area contributed by atoms with Crippen molar-refractivity contribution in [3.05, 3.63) is 76.3 Å². The van der Waals surface area contributed by atoms with Gasteiger partial charge in [0.25, 0.3) is 5.91 Å². The van der Waals surface area contributed by atoms with E-state index in [1.54, 1.807) is 11.3 Å². The lowest BCUT2D eigenvalue weighted by atomic mass is 9.93. The minimum atomic E-state index is 0.0770. The minimum absolute atomic E-state index is 0.0770. The molecular weight excluding hydrogens is 440 g/mol. The second-order valence-corrected chi connectivity index (χ2v) is 10.6. The van der Waals surface area contributed by atoms with Gasteiger partial charge in [-0.1, -0.05) is 30.8 Å². The predicted octanol–water partition coefficient (Wildman–Crippen LogP) is 5.95. The lowest BCUT2D eigenvalue weighted by Crippen LogP contribution is -2.29. The van der Waals surface area contributed by atoms with Gasteiger partial charge in [0.05, 0.1) is 5.69 Å². The highest BCUT2D eigenvalue weighted by atomic mass is 32.1. The van der Waals surface area contributed by atoms with Crippen LogP contribution in [0.15, 0.2) is 54.7 Å². The summed E-state index contributed by atoms with van der Waals surface area (Å²) in [6.45, 7) is 11.3. The number of fused-ring (bicyclic) bond motifs is 1. The SMILES string of the molecule is C=C(CC1CCNCC1)Nc1nc(-c2ccc3c(c2)CCN3C(=O)c2ccccc2C)c(C)s1. The Labute approximate surface area is 205 Å². The van der Waals surface area contributed by atoms with E-state index in [0.717, 1.165) is 64.8 Å². The monoisotopic (exact) mass is 472 g/mol. The van der Waals surface area contributed by atoms with Crippen molar-refractivity contribution in [1.29, 1.82) is 0 Å². The number of thiazole rings is 1. The molecule has 0 unspecified atom stereocenters. The Morgan fingerprint density at radius 2 is 2.00 bits per heavy atom. The van der Waals surface area contributed by atoms with Crippen molar-refractivity contribution in [2.45, 2.75) is 39.5 Å². The van der Waals surface area contributed by atoms with Crippen LogP contribution in [0, 0.1) is 19.8 Å². The number of piperidine rings is 1. The van der Waals surface area contributed by atoms with Gasteiger partial charge >= 0.3 is 0 Å². The first kappa shape index (κ1) is 22.8. The van der Waals surface area contributed by atoms with Crippen LogP contribution in [-0.2, 0) is 6.42 Å². The van der Waals surface area contributed by atoms with Crippen molar-refractivity contribution in [3.8, 4) is 11.3 Å². The molecule has 0 bridgehead atoms. The Morgan fingerprint density at radius 3 is 2.79 bits per heavy atom. The zero-order valence-electron chi connectivity index (χ0n) is 20.0. The average molecular weight is 473 g/mol.